The Morgan fingerprint density at radius 1 is 1.14 bits per heavy atom. The molecule has 5 heteroatoms. The zero-order chi connectivity index (χ0) is 16.4. The molecule has 0 unspecified atom stereocenters. The lowest BCUT2D eigenvalue weighted by Gasteiger charge is -2.25. The summed E-state index contributed by atoms with van der Waals surface area (Å²) in [6.45, 7) is 6.99. The highest BCUT2D eigenvalue weighted by atomic mass is 16.5. The van der Waals surface area contributed by atoms with Crippen molar-refractivity contribution in [2.24, 2.45) is 0 Å². The van der Waals surface area contributed by atoms with Gasteiger partial charge in [-0.1, -0.05) is 12.1 Å². The van der Waals surface area contributed by atoms with E-state index in [9.17, 15) is 5.11 Å². The van der Waals surface area contributed by atoms with E-state index < -0.39 is 6.10 Å². The Labute approximate surface area is 133 Å². The van der Waals surface area contributed by atoms with Crippen LogP contribution in [0.25, 0.3) is 0 Å². The van der Waals surface area contributed by atoms with Crippen LogP contribution in [0.2, 0.25) is 0 Å². The van der Waals surface area contributed by atoms with Crippen LogP contribution >= 0.6 is 0 Å². The van der Waals surface area contributed by atoms with Gasteiger partial charge in [0, 0.05) is 26.7 Å². The molecule has 0 bridgehead atoms. The lowest BCUT2D eigenvalue weighted by atomic mass is 10.2. The highest BCUT2D eigenvalue weighted by molar-refractivity contribution is 5.27. The molecular weight excluding hydrogens is 282 g/mol. The molecule has 0 heterocycles. The first-order chi connectivity index (χ1) is 10.5. The molecule has 0 saturated heterocycles. The Hall–Kier alpha value is -1.14. The minimum Gasteiger partial charge on any atom is -0.497 e. The third kappa shape index (κ3) is 7.75. The van der Waals surface area contributed by atoms with Gasteiger partial charge in [0.25, 0.3) is 0 Å². The maximum Gasteiger partial charge on any atom is 0.118 e. The molecule has 0 fully saturated rings. The summed E-state index contributed by atoms with van der Waals surface area (Å²) in [6.07, 6.45) is -0.374. The Bertz CT molecular complexity index is 394. The predicted molar refractivity (Wildman–Crippen MR) is 87.2 cm³/mol. The van der Waals surface area contributed by atoms with Crippen LogP contribution in [0.15, 0.2) is 24.3 Å². The molecular formula is C17H29NO4. The summed E-state index contributed by atoms with van der Waals surface area (Å²) in [5, 5.41) is 10.1. The fourth-order valence-corrected chi connectivity index (χ4v) is 2.10. The van der Waals surface area contributed by atoms with Gasteiger partial charge in [0.15, 0.2) is 0 Å². The van der Waals surface area contributed by atoms with Gasteiger partial charge in [0.05, 0.1) is 32.5 Å². The predicted octanol–water partition coefficient (Wildman–Crippen LogP) is 1.93. The highest BCUT2D eigenvalue weighted by Gasteiger charge is 2.13. The van der Waals surface area contributed by atoms with Crippen molar-refractivity contribution in [1.29, 1.82) is 0 Å². The van der Waals surface area contributed by atoms with E-state index in [1.165, 1.54) is 5.56 Å². The van der Waals surface area contributed by atoms with Crippen molar-refractivity contribution in [2.75, 3.05) is 40.5 Å². The van der Waals surface area contributed by atoms with Crippen molar-refractivity contribution < 1.29 is 19.3 Å². The first kappa shape index (κ1) is 18.9. The molecule has 0 spiro atoms. The van der Waals surface area contributed by atoms with Crippen LogP contribution in [0.4, 0.5) is 0 Å². The van der Waals surface area contributed by atoms with Crippen LogP contribution in [-0.2, 0) is 16.0 Å². The number of hydrogen-bond acceptors (Lipinski definition) is 5. The average Bonchev–Trinajstić information content (AvgIpc) is 2.51. The van der Waals surface area contributed by atoms with E-state index in [0.717, 1.165) is 18.8 Å². The van der Waals surface area contributed by atoms with Gasteiger partial charge in [-0.15, -0.1) is 0 Å². The van der Waals surface area contributed by atoms with Crippen LogP contribution in [0.3, 0.4) is 0 Å². The van der Waals surface area contributed by atoms with Crippen molar-refractivity contribution >= 4 is 0 Å². The maximum absolute atomic E-state index is 10.1. The molecule has 5 nitrogen and oxygen atoms in total. The van der Waals surface area contributed by atoms with E-state index in [4.69, 9.17) is 14.2 Å². The molecule has 1 aromatic rings. The molecule has 0 aromatic heterocycles. The maximum atomic E-state index is 10.1. The summed E-state index contributed by atoms with van der Waals surface area (Å²) in [7, 11) is 3.34. The van der Waals surface area contributed by atoms with Gasteiger partial charge in [0.2, 0.25) is 0 Å². The summed E-state index contributed by atoms with van der Waals surface area (Å²) in [6, 6.07) is 7.97. The summed E-state index contributed by atoms with van der Waals surface area (Å²) in [4.78, 5) is 2.17. The number of methoxy groups -OCH3 is 2. The van der Waals surface area contributed by atoms with Gasteiger partial charge in [0.1, 0.15) is 5.75 Å². The van der Waals surface area contributed by atoms with Crippen LogP contribution < -0.4 is 4.74 Å². The number of nitrogens with zero attached hydrogens (tertiary/aromatic N) is 1. The largest absolute Gasteiger partial charge is 0.497 e. The number of aliphatic hydroxyl groups excluding tert-OH is 1. The minimum atomic E-state index is -0.502. The fraction of sp³-hybridized carbons (Fsp3) is 0.647. The van der Waals surface area contributed by atoms with Gasteiger partial charge >= 0.3 is 0 Å². The lowest BCUT2D eigenvalue weighted by molar-refractivity contribution is -0.0121. The second kappa shape index (κ2) is 10.6. The molecule has 0 aliphatic heterocycles. The van der Waals surface area contributed by atoms with E-state index in [-0.39, 0.29) is 6.10 Å². The lowest BCUT2D eigenvalue weighted by Crippen LogP contribution is -2.37. The highest BCUT2D eigenvalue weighted by Crippen LogP contribution is 2.13. The summed E-state index contributed by atoms with van der Waals surface area (Å²) in [5.41, 5.74) is 1.17. The number of aliphatic hydroxyl groups is 1. The van der Waals surface area contributed by atoms with Crippen LogP contribution in [-0.4, -0.2) is 62.7 Å². The summed E-state index contributed by atoms with van der Waals surface area (Å²) in [5.74, 6) is 0.845. The van der Waals surface area contributed by atoms with E-state index in [0.29, 0.717) is 19.8 Å². The molecule has 1 aromatic carbocycles. The second-order valence-corrected chi connectivity index (χ2v) is 5.61. The minimum absolute atomic E-state index is 0.128. The van der Waals surface area contributed by atoms with Gasteiger partial charge in [-0.3, -0.25) is 4.90 Å². The molecule has 22 heavy (non-hydrogen) atoms. The number of benzene rings is 1. The van der Waals surface area contributed by atoms with Gasteiger partial charge < -0.3 is 19.3 Å². The monoisotopic (exact) mass is 311 g/mol. The molecule has 0 amide bonds. The first-order valence-electron chi connectivity index (χ1n) is 7.69. The zero-order valence-corrected chi connectivity index (χ0v) is 14.1. The van der Waals surface area contributed by atoms with Crippen molar-refractivity contribution in [3.63, 3.8) is 0 Å². The molecule has 0 aliphatic carbocycles. The molecule has 1 N–H and O–H groups in total. The standard InChI is InChI=1S/C17H29NO4/c1-14(2)22-13-16(19)12-18(9-10-20-3)11-15-5-7-17(21-4)8-6-15/h5-8,14,16,19H,9-13H2,1-4H3/t16-/m1/s1. The SMILES string of the molecule is COCCN(Cc1ccc(OC)cc1)C[C@@H](O)COC(C)C. The fourth-order valence-electron chi connectivity index (χ4n) is 2.10. The molecule has 1 rings (SSSR count). The quantitative estimate of drug-likeness (QED) is 0.677. The normalized spacial score (nSPS) is 12.9. The average molecular weight is 311 g/mol. The van der Waals surface area contributed by atoms with Gasteiger partial charge in [-0.2, -0.15) is 0 Å². The smallest absolute Gasteiger partial charge is 0.118 e. The number of rotatable bonds is 11. The van der Waals surface area contributed by atoms with E-state index >= 15 is 0 Å². The van der Waals surface area contributed by atoms with Crippen LogP contribution in [0.5, 0.6) is 5.75 Å². The van der Waals surface area contributed by atoms with Crippen molar-refractivity contribution in [2.45, 2.75) is 32.6 Å². The topological polar surface area (TPSA) is 51.2 Å². The van der Waals surface area contributed by atoms with Gasteiger partial charge in [-0.05, 0) is 31.5 Å². The molecule has 0 saturated carbocycles. The van der Waals surface area contributed by atoms with Crippen molar-refractivity contribution in [1.82, 2.24) is 4.90 Å². The van der Waals surface area contributed by atoms with E-state index in [2.05, 4.69) is 4.90 Å². The van der Waals surface area contributed by atoms with Crippen LogP contribution in [0.1, 0.15) is 19.4 Å². The Balaban J connectivity index is 2.54. The molecule has 126 valence electrons. The van der Waals surface area contributed by atoms with Crippen molar-refractivity contribution in [3.05, 3.63) is 29.8 Å². The van der Waals surface area contributed by atoms with Crippen LogP contribution in [0, 0.1) is 0 Å². The van der Waals surface area contributed by atoms with Crippen molar-refractivity contribution in [3.8, 4) is 5.75 Å². The van der Waals surface area contributed by atoms with Gasteiger partial charge in [-0.25, -0.2) is 0 Å². The molecule has 0 aliphatic rings. The van der Waals surface area contributed by atoms with E-state index in [1.807, 2.05) is 38.1 Å². The number of ether oxygens (including phenoxy) is 3. The summed E-state index contributed by atoms with van der Waals surface area (Å²) >= 11 is 0. The second-order valence-electron chi connectivity index (χ2n) is 5.61. The number of hydrogen-bond donors (Lipinski definition) is 1. The Kier molecular flexibility index (Phi) is 9.08. The zero-order valence-electron chi connectivity index (χ0n) is 14.1. The third-order valence-corrected chi connectivity index (χ3v) is 3.27. The van der Waals surface area contributed by atoms with E-state index in [1.54, 1.807) is 14.2 Å². The Morgan fingerprint density at radius 3 is 2.36 bits per heavy atom. The molecule has 0 radical (unpaired) electrons. The summed E-state index contributed by atoms with van der Waals surface area (Å²) < 4.78 is 15.8. The molecule has 1 atom stereocenters. The first-order valence-corrected chi connectivity index (χ1v) is 7.69. The Morgan fingerprint density at radius 2 is 1.82 bits per heavy atom. The third-order valence-electron chi connectivity index (χ3n) is 3.27.